The van der Waals surface area contributed by atoms with E-state index in [2.05, 4.69) is 12.2 Å². The van der Waals surface area contributed by atoms with E-state index in [1.165, 1.54) is 25.7 Å². The van der Waals surface area contributed by atoms with Gasteiger partial charge in [-0.3, -0.25) is 0 Å². The van der Waals surface area contributed by atoms with Crippen LogP contribution in [0.1, 0.15) is 45.4 Å². The summed E-state index contributed by atoms with van der Waals surface area (Å²) in [6.07, 6.45) is 7.13. The van der Waals surface area contributed by atoms with Crippen molar-refractivity contribution in [1.82, 2.24) is 5.32 Å². The molecule has 7 heteroatoms. The van der Waals surface area contributed by atoms with Crippen LogP contribution < -0.4 is 5.32 Å². The highest BCUT2D eigenvalue weighted by atomic mass is 35.5. The average molecular weight is 342 g/mol. The summed E-state index contributed by atoms with van der Waals surface area (Å²) >= 11 is 11.0. The zero-order valence-corrected chi connectivity index (χ0v) is 14.3. The first-order chi connectivity index (χ1) is 9.44. The van der Waals surface area contributed by atoms with Gasteiger partial charge in [-0.15, -0.1) is 11.6 Å². The van der Waals surface area contributed by atoms with Gasteiger partial charge in [0.1, 0.15) is 0 Å². The van der Waals surface area contributed by atoms with E-state index in [-0.39, 0.29) is 22.7 Å². The number of ether oxygens (including phenoxy) is 1. The molecule has 0 spiro atoms. The SMILES string of the molecule is CCCCCCCCOC(=S)NC1CS(=O)(=O)CC1Cl. The van der Waals surface area contributed by atoms with Crippen molar-refractivity contribution in [3.05, 3.63) is 0 Å². The summed E-state index contributed by atoms with van der Waals surface area (Å²) < 4.78 is 28.2. The standard InChI is InChI=1S/C13H24ClNO3S2/c1-2-3-4-5-6-7-8-18-13(19)15-12-10-20(16,17)9-11(12)14/h11-12H,2-10H2,1H3,(H,15,19). The molecule has 0 amide bonds. The lowest BCUT2D eigenvalue weighted by molar-refractivity contribution is 0.283. The van der Waals surface area contributed by atoms with Crippen molar-refractivity contribution in [3.8, 4) is 0 Å². The molecule has 1 heterocycles. The Labute approximate surface area is 132 Å². The van der Waals surface area contributed by atoms with Gasteiger partial charge in [-0.2, -0.15) is 0 Å². The highest BCUT2D eigenvalue weighted by Crippen LogP contribution is 2.18. The number of sulfone groups is 1. The summed E-state index contributed by atoms with van der Waals surface area (Å²) in [6, 6.07) is -0.335. The molecule has 0 radical (unpaired) electrons. The second-order valence-corrected chi connectivity index (χ2v) is 8.33. The Hall–Kier alpha value is -0.0700. The summed E-state index contributed by atoms with van der Waals surface area (Å²) in [5, 5.41) is 2.71. The first-order valence-electron chi connectivity index (χ1n) is 7.22. The van der Waals surface area contributed by atoms with Gasteiger partial charge in [-0.05, 0) is 18.6 Å². The summed E-state index contributed by atoms with van der Waals surface area (Å²) in [6.45, 7) is 2.77. The fraction of sp³-hybridized carbons (Fsp3) is 0.923. The first kappa shape index (κ1) is 18.0. The fourth-order valence-corrected chi connectivity index (χ4v) is 4.96. The predicted octanol–water partition coefficient (Wildman–Crippen LogP) is 2.64. The molecule has 20 heavy (non-hydrogen) atoms. The Balaban J connectivity index is 2.09. The van der Waals surface area contributed by atoms with Gasteiger partial charge < -0.3 is 10.1 Å². The molecule has 0 aromatic carbocycles. The van der Waals surface area contributed by atoms with Crippen LogP contribution in [0, 0.1) is 0 Å². The van der Waals surface area contributed by atoms with Gasteiger partial charge in [0.15, 0.2) is 9.84 Å². The number of alkyl halides is 1. The minimum Gasteiger partial charge on any atom is -0.471 e. The van der Waals surface area contributed by atoms with E-state index in [9.17, 15) is 8.42 Å². The molecule has 1 aliphatic heterocycles. The summed E-state index contributed by atoms with van der Waals surface area (Å²) in [5.74, 6) is 0.0357. The van der Waals surface area contributed by atoms with Crippen LogP contribution in [0.5, 0.6) is 0 Å². The van der Waals surface area contributed by atoms with Crippen molar-refractivity contribution >= 4 is 38.8 Å². The van der Waals surface area contributed by atoms with Crippen molar-refractivity contribution in [2.24, 2.45) is 0 Å². The maximum absolute atomic E-state index is 11.4. The minimum atomic E-state index is -3.04. The van der Waals surface area contributed by atoms with Crippen LogP contribution in [0.4, 0.5) is 0 Å². The van der Waals surface area contributed by atoms with Gasteiger partial charge in [0.2, 0.25) is 0 Å². The molecule has 2 unspecified atom stereocenters. The lowest BCUT2D eigenvalue weighted by Gasteiger charge is -2.16. The van der Waals surface area contributed by atoms with E-state index < -0.39 is 15.2 Å². The molecule has 1 aliphatic rings. The molecule has 118 valence electrons. The molecule has 0 bridgehead atoms. The van der Waals surface area contributed by atoms with E-state index in [0.717, 1.165) is 12.8 Å². The number of rotatable bonds is 8. The molecule has 0 aliphatic carbocycles. The highest BCUT2D eigenvalue weighted by Gasteiger charge is 2.36. The average Bonchev–Trinajstić information content (AvgIpc) is 2.61. The number of hydrogen-bond donors (Lipinski definition) is 1. The number of hydrogen-bond acceptors (Lipinski definition) is 4. The Bertz CT molecular complexity index is 400. The Morgan fingerprint density at radius 1 is 1.25 bits per heavy atom. The van der Waals surface area contributed by atoms with Gasteiger partial charge in [0.25, 0.3) is 5.17 Å². The molecule has 0 aromatic heterocycles. The van der Waals surface area contributed by atoms with Crippen molar-refractivity contribution in [1.29, 1.82) is 0 Å². The van der Waals surface area contributed by atoms with E-state index >= 15 is 0 Å². The lowest BCUT2D eigenvalue weighted by Crippen LogP contribution is -2.40. The third-order valence-electron chi connectivity index (χ3n) is 3.32. The molecule has 1 saturated heterocycles. The maximum atomic E-state index is 11.4. The molecule has 1 fully saturated rings. The third kappa shape index (κ3) is 7.09. The summed E-state index contributed by atoms with van der Waals surface area (Å²) in [7, 11) is -3.04. The zero-order valence-electron chi connectivity index (χ0n) is 11.9. The topological polar surface area (TPSA) is 55.4 Å². The molecular weight excluding hydrogens is 318 g/mol. The van der Waals surface area contributed by atoms with Gasteiger partial charge in [-0.1, -0.05) is 39.0 Å². The van der Waals surface area contributed by atoms with E-state index in [1.54, 1.807) is 0 Å². The minimum absolute atomic E-state index is 0.00621. The van der Waals surface area contributed by atoms with Gasteiger partial charge in [-0.25, -0.2) is 8.42 Å². The van der Waals surface area contributed by atoms with Crippen molar-refractivity contribution in [2.75, 3.05) is 18.1 Å². The van der Waals surface area contributed by atoms with Crippen molar-refractivity contribution in [3.63, 3.8) is 0 Å². The maximum Gasteiger partial charge on any atom is 0.256 e. The molecule has 1 rings (SSSR count). The van der Waals surface area contributed by atoms with E-state index in [0.29, 0.717) is 6.61 Å². The van der Waals surface area contributed by atoms with Gasteiger partial charge in [0, 0.05) is 0 Å². The molecule has 0 aromatic rings. The van der Waals surface area contributed by atoms with Crippen LogP contribution in [0.15, 0.2) is 0 Å². The monoisotopic (exact) mass is 341 g/mol. The van der Waals surface area contributed by atoms with Crippen LogP contribution >= 0.6 is 23.8 Å². The van der Waals surface area contributed by atoms with Gasteiger partial charge in [0.05, 0.1) is 29.5 Å². The number of thiocarbonyl (C=S) groups is 1. The number of nitrogens with one attached hydrogen (secondary N) is 1. The van der Waals surface area contributed by atoms with Crippen LogP contribution in [0.2, 0.25) is 0 Å². The normalized spacial score (nSPS) is 24.5. The third-order valence-corrected chi connectivity index (χ3v) is 5.93. The highest BCUT2D eigenvalue weighted by molar-refractivity contribution is 7.91. The molecule has 1 N–H and O–H groups in total. The Kier molecular flexibility index (Phi) is 8.14. The van der Waals surface area contributed by atoms with Crippen LogP contribution in [-0.4, -0.2) is 43.1 Å². The predicted molar refractivity (Wildman–Crippen MR) is 87.1 cm³/mol. The van der Waals surface area contributed by atoms with Gasteiger partial charge >= 0.3 is 0 Å². The quantitative estimate of drug-likeness (QED) is 0.418. The Morgan fingerprint density at radius 2 is 1.90 bits per heavy atom. The molecule has 2 atom stereocenters. The van der Waals surface area contributed by atoms with E-state index in [4.69, 9.17) is 28.6 Å². The molecule has 4 nitrogen and oxygen atoms in total. The number of unbranched alkanes of at least 4 members (excludes halogenated alkanes) is 5. The lowest BCUT2D eigenvalue weighted by atomic mass is 10.1. The summed E-state index contributed by atoms with van der Waals surface area (Å²) in [4.78, 5) is 0. The fourth-order valence-electron chi connectivity index (χ4n) is 2.18. The first-order valence-corrected chi connectivity index (χ1v) is 9.89. The molecule has 0 saturated carbocycles. The van der Waals surface area contributed by atoms with Crippen LogP contribution in [-0.2, 0) is 14.6 Å². The summed E-state index contributed by atoms with van der Waals surface area (Å²) in [5.41, 5.74) is 0. The second kappa shape index (κ2) is 9.05. The van der Waals surface area contributed by atoms with Crippen molar-refractivity contribution < 1.29 is 13.2 Å². The van der Waals surface area contributed by atoms with Crippen LogP contribution in [0.25, 0.3) is 0 Å². The number of halogens is 1. The Morgan fingerprint density at radius 3 is 2.50 bits per heavy atom. The zero-order chi connectivity index (χ0) is 15.0. The van der Waals surface area contributed by atoms with Crippen LogP contribution in [0.3, 0.4) is 0 Å². The van der Waals surface area contributed by atoms with E-state index in [1.807, 2.05) is 0 Å². The second-order valence-electron chi connectivity index (χ2n) is 5.25. The smallest absolute Gasteiger partial charge is 0.256 e. The molecular formula is C13H24ClNO3S2. The van der Waals surface area contributed by atoms with Crippen molar-refractivity contribution in [2.45, 2.75) is 56.9 Å². The largest absolute Gasteiger partial charge is 0.471 e.